The molecule has 2 heterocycles. The summed E-state index contributed by atoms with van der Waals surface area (Å²) in [5.74, 6) is 0.187. The van der Waals surface area contributed by atoms with Crippen LogP contribution in [0, 0.1) is 0 Å². The summed E-state index contributed by atoms with van der Waals surface area (Å²) in [5.41, 5.74) is 0.0128. The van der Waals surface area contributed by atoms with Crippen LogP contribution in [0.5, 0.6) is 0 Å². The zero-order valence-corrected chi connectivity index (χ0v) is 14.4. The molecule has 122 valence electrons. The molecule has 1 aliphatic heterocycles. The number of hydrogen-bond acceptors (Lipinski definition) is 4. The molecule has 1 aromatic rings. The van der Waals surface area contributed by atoms with Crippen molar-refractivity contribution in [2.24, 2.45) is 0 Å². The topological polar surface area (TPSA) is 49.4 Å². The van der Waals surface area contributed by atoms with Crippen molar-refractivity contribution in [2.45, 2.75) is 51.5 Å². The van der Waals surface area contributed by atoms with E-state index < -0.39 is 0 Å². The van der Waals surface area contributed by atoms with E-state index in [-0.39, 0.29) is 17.2 Å². The zero-order chi connectivity index (χ0) is 16.0. The Kier molecular flexibility index (Phi) is 6.15. The number of hydrogen-bond donors (Lipinski definition) is 1. The first-order valence-corrected chi connectivity index (χ1v) is 8.95. The Morgan fingerprint density at radius 2 is 2.00 bits per heavy atom. The Hall–Kier alpha value is -1.20. The summed E-state index contributed by atoms with van der Waals surface area (Å²) < 4.78 is 0. The van der Waals surface area contributed by atoms with Gasteiger partial charge >= 0.3 is 0 Å². The minimum Gasteiger partial charge on any atom is -0.354 e. The van der Waals surface area contributed by atoms with Gasteiger partial charge in [0.15, 0.2) is 5.78 Å². The van der Waals surface area contributed by atoms with Crippen LogP contribution in [0.4, 0.5) is 0 Å². The summed E-state index contributed by atoms with van der Waals surface area (Å²) in [4.78, 5) is 27.0. The van der Waals surface area contributed by atoms with Crippen molar-refractivity contribution in [1.29, 1.82) is 0 Å². The number of rotatable bonds is 8. The van der Waals surface area contributed by atoms with Crippen LogP contribution in [-0.4, -0.2) is 41.8 Å². The molecule has 0 spiro atoms. The first-order chi connectivity index (χ1) is 10.5. The summed E-state index contributed by atoms with van der Waals surface area (Å²) in [6, 6.07) is 3.72. The van der Waals surface area contributed by atoms with E-state index in [9.17, 15) is 9.59 Å². The molecular weight excluding hydrogens is 296 g/mol. The van der Waals surface area contributed by atoms with Gasteiger partial charge in [-0.3, -0.25) is 14.5 Å². The number of Topliss-reactive ketones (excluding diaryl/α,β-unsaturated/α-hetero) is 1. The maximum Gasteiger partial charge on any atom is 0.220 e. The largest absolute Gasteiger partial charge is 0.354 e. The average Bonchev–Trinajstić information content (AvgIpc) is 3.17. The Balaban J connectivity index is 1.64. The molecule has 22 heavy (non-hydrogen) atoms. The van der Waals surface area contributed by atoms with E-state index in [4.69, 9.17) is 0 Å². The van der Waals surface area contributed by atoms with Crippen molar-refractivity contribution in [3.8, 4) is 0 Å². The Morgan fingerprint density at radius 3 is 2.64 bits per heavy atom. The first kappa shape index (κ1) is 17.2. The first-order valence-electron chi connectivity index (χ1n) is 8.07. The fourth-order valence-electron chi connectivity index (χ4n) is 2.81. The van der Waals surface area contributed by atoms with Crippen molar-refractivity contribution in [3.05, 3.63) is 22.4 Å². The van der Waals surface area contributed by atoms with Gasteiger partial charge in [0.25, 0.3) is 0 Å². The Bertz CT molecular complexity index is 491. The van der Waals surface area contributed by atoms with Gasteiger partial charge in [-0.1, -0.05) is 6.07 Å². The number of nitrogens with zero attached hydrogens (tertiary/aromatic N) is 1. The zero-order valence-electron chi connectivity index (χ0n) is 13.6. The van der Waals surface area contributed by atoms with Gasteiger partial charge in [-0.05, 0) is 57.6 Å². The fourth-order valence-corrected chi connectivity index (χ4v) is 3.50. The number of likely N-dealkylation sites (tertiary alicyclic amines) is 1. The van der Waals surface area contributed by atoms with Crippen molar-refractivity contribution in [3.63, 3.8) is 0 Å². The second-order valence-corrected chi connectivity index (χ2v) is 7.49. The third-order valence-corrected chi connectivity index (χ3v) is 5.19. The van der Waals surface area contributed by atoms with Crippen LogP contribution in [0.15, 0.2) is 17.5 Å². The van der Waals surface area contributed by atoms with Crippen LogP contribution in [0.2, 0.25) is 0 Å². The summed E-state index contributed by atoms with van der Waals surface area (Å²) in [5, 5.41) is 4.92. The normalized spacial score (nSPS) is 15.9. The van der Waals surface area contributed by atoms with Gasteiger partial charge in [0.05, 0.1) is 4.88 Å². The van der Waals surface area contributed by atoms with E-state index in [2.05, 4.69) is 24.1 Å². The predicted molar refractivity (Wildman–Crippen MR) is 90.4 cm³/mol. The third kappa shape index (κ3) is 4.92. The highest BCUT2D eigenvalue weighted by Crippen LogP contribution is 2.20. The summed E-state index contributed by atoms with van der Waals surface area (Å²) in [6.07, 6.45) is 3.99. The van der Waals surface area contributed by atoms with Crippen molar-refractivity contribution in [1.82, 2.24) is 10.2 Å². The Morgan fingerprint density at radius 1 is 1.27 bits per heavy atom. The van der Waals surface area contributed by atoms with Crippen LogP contribution in [0.3, 0.4) is 0 Å². The van der Waals surface area contributed by atoms with E-state index >= 15 is 0 Å². The van der Waals surface area contributed by atoms with Crippen LogP contribution in [0.1, 0.15) is 55.6 Å². The number of nitrogens with one attached hydrogen (secondary N) is 1. The van der Waals surface area contributed by atoms with E-state index in [1.165, 1.54) is 24.2 Å². The number of amides is 1. The molecule has 0 aromatic carbocycles. The summed E-state index contributed by atoms with van der Waals surface area (Å²) in [6.45, 7) is 7.28. The van der Waals surface area contributed by atoms with Gasteiger partial charge < -0.3 is 5.32 Å². The van der Waals surface area contributed by atoms with Crippen LogP contribution < -0.4 is 5.32 Å². The number of thiophene rings is 1. The van der Waals surface area contributed by atoms with E-state index in [1.54, 1.807) is 0 Å². The minimum atomic E-state index is 0.0128. The SMILES string of the molecule is CC(C)(CNC(=O)CCCC(=O)c1cccs1)N1CCCC1. The molecule has 1 saturated heterocycles. The molecule has 1 aromatic heterocycles. The van der Waals surface area contributed by atoms with Gasteiger partial charge in [-0.25, -0.2) is 0 Å². The lowest BCUT2D eigenvalue weighted by atomic mass is 10.0. The second kappa shape index (κ2) is 7.88. The molecular formula is C17H26N2O2S. The molecule has 0 aliphatic carbocycles. The molecule has 0 radical (unpaired) electrons. The summed E-state index contributed by atoms with van der Waals surface area (Å²) in [7, 11) is 0. The van der Waals surface area contributed by atoms with E-state index in [0.717, 1.165) is 18.0 Å². The van der Waals surface area contributed by atoms with E-state index in [0.29, 0.717) is 25.8 Å². The molecule has 2 rings (SSSR count). The second-order valence-electron chi connectivity index (χ2n) is 6.54. The highest BCUT2D eigenvalue weighted by atomic mass is 32.1. The van der Waals surface area contributed by atoms with Gasteiger partial charge in [0.1, 0.15) is 0 Å². The lowest BCUT2D eigenvalue weighted by Gasteiger charge is -2.35. The van der Waals surface area contributed by atoms with Gasteiger partial charge in [0.2, 0.25) is 5.91 Å². The molecule has 5 heteroatoms. The predicted octanol–water partition coefficient (Wildman–Crippen LogP) is 3.09. The number of ketones is 1. The van der Waals surface area contributed by atoms with Crippen LogP contribution in [-0.2, 0) is 4.79 Å². The average molecular weight is 322 g/mol. The highest BCUT2D eigenvalue weighted by molar-refractivity contribution is 7.12. The van der Waals surface area contributed by atoms with Crippen LogP contribution in [0.25, 0.3) is 0 Å². The molecule has 0 bridgehead atoms. The third-order valence-electron chi connectivity index (χ3n) is 4.28. The monoisotopic (exact) mass is 322 g/mol. The smallest absolute Gasteiger partial charge is 0.220 e. The fraction of sp³-hybridized carbons (Fsp3) is 0.647. The quantitative estimate of drug-likeness (QED) is 0.748. The lowest BCUT2D eigenvalue weighted by molar-refractivity contribution is -0.121. The van der Waals surface area contributed by atoms with Crippen molar-refractivity contribution in [2.75, 3.05) is 19.6 Å². The number of carbonyl (C=O) groups excluding carboxylic acids is 2. The Labute approximate surface area is 136 Å². The van der Waals surface area contributed by atoms with Gasteiger partial charge in [0, 0.05) is 24.9 Å². The molecule has 1 aliphatic rings. The van der Waals surface area contributed by atoms with E-state index in [1.807, 2.05) is 17.5 Å². The molecule has 1 N–H and O–H groups in total. The van der Waals surface area contributed by atoms with Crippen LogP contribution >= 0.6 is 11.3 Å². The maximum absolute atomic E-state index is 11.9. The summed E-state index contributed by atoms with van der Waals surface area (Å²) >= 11 is 1.46. The van der Waals surface area contributed by atoms with Crippen molar-refractivity contribution < 1.29 is 9.59 Å². The molecule has 0 saturated carbocycles. The van der Waals surface area contributed by atoms with Gasteiger partial charge in [-0.2, -0.15) is 0 Å². The minimum absolute atomic E-state index is 0.0128. The lowest BCUT2D eigenvalue weighted by Crippen LogP contribution is -2.50. The maximum atomic E-state index is 11.9. The molecule has 0 unspecified atom stereocenters. The van der Waals surface area contributed by atoms with Gasteiger partial charge in [-0.15, -0.1) is 11.3 Å². The molecule has 0 atom stereocenters. The molecule has 4 nitrogen and oxygen atoms in total. The van der Waals surface area contributed by atoms with Crippen molar-refractivity contribution >= 4 is 23.0 Å². The highest BCUT2D eigenvalue weighted by Gasteiger charge is 2.29. The number of carbonyl (C=O) groups is 2. The molecule has 1 amide bonds. The standard InChI is InChI=1S/C17H26N2O2S/c1-17(2,19-10-3-4-11-19)13-18-16(21)9-5-7-14(20)15-8-6-12-22-15/h6,8,12H,3-5,7,9-11,13H2,1-2H3,(H,18,21). The molecule has 1 fully saturated rings.